The van der Waals surface area contributed by atoms with Gasteiger partial charge in [0.15, 0.2) is 0 Å². The Bertz CT molecular complexity index is 585. The molecule has 2 rings (SSSR count). The van der Waals surface area contributed by atoms with Crippen molar-refractivity contribution < 1.29 is 0 Å². The first-order chi connectivity index (χ1) is 9.26. The van der Waals surface area contributed by atoms with Crippen LogP contribution in [0, 0.1) is 11.3 Å². The van der Waals surface area contributed by atoms with E-state index in [0.717, 1.165) is 23.5 Å². The van der Waals surface area contributed by atoms with E-state index in [0.29, 0.717) is 12.1 Å². The Balaban J connectivity index is 2.39. The molecule has 0 fully saturated rings. The molecule has 96 valence electrons. The van der Waals surface area contributed by atoms with Gasteiger partial charge >= 0.3 is 0 Å². The van der Waals surface area contributed by atoms with Crippen LogP contribution in [0.4, 0.5) is 17.1 Å². The maximum absolute atomic E-state index is 8.83. The monoisotopic (exact) mass is 251 g/mol. The number of nitrogens with zero attached hydrogens (tertiary/aromatic N) is 2. The predicted octanol–water partition coefficient (Wildman–Crippen LogP) is 3.49. The van der Waals surface area contributed by atoms with E-state index in [1.54, 1.807) is 0 Å². The van der Waals surface area contributed by atoms with Crippen molar-refractivity contribution in [2.45, 2.75) is 13.3 Å². The van der Waals surface area contributed by atoms with Gasteiger partial charge in [-0.05, 0) is 42.8 Å². The van der Waals surface area contributed by atoms with Crippen molar-refractivity contribution in [3.05, 3.63) is 54.1 Å². The maximum Gasteiger partial charge on any atom is 0.0670 e. The Labute approximate surface area is 113 Å². The van der Waals surface area contributed by atoms with E-state index in [2.05, 4.69) is 30.0 Å². The lowest BCUT2D eigenvalue weighted by Crippen LogP contribution is -2.16. The van der Waals surface area contributed by atoms with E-state index >= 15 is 0 Å². The molecule has 2 aromatic rings. The molecule has 0 saturated heterocycles. The molecular formula is C16H17N3. The number of anilines is 3. The molecule has 0 saturated carbocycles. The number of nitrogens with two attached hydrogens (primary N) is 1. The van der Waals surface area contributed by atoms with Crippen LogP contribution >= 0.6 is 0 Å². The number of nitriles is 1. The third-order valence-corrected chi connectivity index (χ3v) is 3.09. The van der Waals surface area contributed by atoms with Crippen LogP contribution in [0.2, 0.25) is 0 Å². The molecule has 0 aliphatic rings. The molecule has 3 nitrogen and oxygen atoms in total. The van der Waals surface area contributed by atoms with E-state index in [-0.39, 0.29) is 0 Å². The molecular weight excluding hydrogens is 234 g/mol. The highest BCUT2D eigenvalue weighted by Gasteiger charge is 2.08. The Morgan fingerprint density at radius 1 is 1.11 bits per heavy atom. The number of rotatable bonds is 4. The summed E-state index contributed by atoms with van der Waals surface area (Å²) in [6.45, 7) is 2.97. The molecule has 0 spiro atoms. The van der Waals surface area contributed by atoms with Gasteiger partial charge in [0.1, 0.15) is 0 Å². The summed E-state index contributed by atoms with van der Waals surface area (Å²) in [4.78, 5) is 2.19. The van der Waals surface area contributed by atoms with Gasteiger partial charge in [0.2, 0.25) is 0 Å². The maximum atomic E-state index is 8.83. The third kappa shape index (κ3) is 2.86. The van der Waals surface area contributed by atoms with Gasteiger partial charge in [0, 0.05) is 23.6 Å². The second-order valence-corrected chi connectivity index (χ2v) is 4.30. The Hall–Kier alpha value is -2.47. The number of nitrogen functional groups attached to an aromatic ring is 1. The molecule has 0 aliphatic heterocycles. The molecule has 0 aromatic heterocycles. The largest absolute Gasteiger partial charge is 0.398 e. The zero-order valence-electron chi connectivity index (χ0n) is 11.0. The predicted molar refractivity (Wildman–Crippen MR) is 79.3 cm³/mol. The van der Waals surface area contributed by atoms with Crippen molar-refractivity contribution in [3.63, 3.8) is 0 Å². The second kappa shape index (κ2) is 5.92. The summed E-state index contributed by atoms with van der Waals surface area (Å²) in [5, 5.41) is 8.83. The van der Waals surface area contributed by atoms with Gasteiger partial charge < -0.3 is 10.6 Å². The minimum atomic E-state index is 0.339. The molecule has 0 unspecified atom stereocenters. The summed E-state index contributed by atoms with van der Waals surface area (Å²) in [5.41, 5.74) is 9.65. The van der Waals surface area contributed by atoms with E-state index in [9.17, 15) is 0 Å². The molecule has 19 heavy (non-hydrogen) atoms. The second-order valence-electron chi connectivity index (χ2n) is 4.30. The van der Waals surface area contributed by atoms with Crippen LogP contribution in [-0.4, -0.2) is 6.54 Å². The first-order valence-corrected chi connectivity index (χ1v) is 6.34. The van der Waals surface area contributed by atoms with Gasteiger partial charge in [-0.15, -0.1) is 0 Å². The Morgan fingerprint density at radius 3 is 2.47 bits per heavy atom. The van der Waals surface area contributed by atoms with Gasteiger partial charge in [-0.1, -0.05) is 18.2 Å². The van der Waals surface area contributed by atoms with Crippen molar-refractivity contribution in [2.75, 3.05) is 17.2 Å². The molecule has 0 atom stereocenters. The van der Waals surface area contributed by atoms with E-state index in [4.69, 9.17) is 11.0 Å². The molecule has 3 heteroatoms. The highest BCUT2D eigenvalue weighted by atomic mass is 15.1. The van der Waals surface area contributed by atoms with Gasteiger partial charge in [0.05, 0.1) is 12.5 Å². The lowest BCUT2D eigenvalue weighted by atomic mass is 10.1. The summed E-state index contributed by atoms with van der Waals surface area (Å²) < 4.78 is 0. The van der Waals surface area contributed by atoms with Crippen molar-refractivity contribution in [2.24, 2.45) is 0 Å². The summed E-state index contributed by atoms with van der Waals surface area (Å²) in [7, 11) is 0. The topological polar surface area (TPSA) is 53.0 Å². The normalized spacial score (nSPS) is 9.89. The van der Waals surface area contributed by atoms with Crippen molar-refractivity contribution in [3.8, 4) is 6.07 Å². The smallest absolute Gasteiger partial charge is 0.0670 e. The van der Waals surface area contributed by atoms with Crippen LogP contribution in [0.3, 0.4) is 0 Å². The lowest BCUT2D eigenvalue weighted by molar-refractivity contribution is 1.02. The highest BCUT2D eigenvalue weighted by molar-refractivity contribution is 5.67. The Morgan fingerprint density at radius 2 is 1.84 bits per heavy atom. The molecule has 0 radical (unpaired) electrons. The van der Waals surface area contributed by atoms with Crippen molar-refractivity contribution in [1.29, 1.82) is 5.26 Å². The van der Waals surface area contributed by atoms with Crippen LogP contribution in [-0.2, 0) is 6.42 Å². The fraction of sp³-hybridized carbons (Fsp3) is 0.188. The Kier molecular flexibility index (Phi) is 4.04. The van der Waals surface area contributed by atoms with Gasteiger partial charge in [-0.25, -0.2) is 0 Å². The third-order valence-electron chi connectivity index (χ3n) is 3.09. The molecule has 0 heterocycles. The summed E-state index contributed by atoms with van der Waals surface area (Å²) >= 11 is 0. The number of para-hydroxylation sites is 1. The summed E-state index contributed by atoms with van der Waals surface area (Å²) in [5.74, 6) is 0. The summed E-state index contributed by atoms with van der Waals surface area (Å²) in [6.07, 6.45) is 0.339. The van der Waals surface area contributed by atoms with Crippen molar-refractivity contribution >= 4 is 17.1 Å². The molecule has 0 amide bonds. The minimum Gasteiger partial charge on any atom is -0.398 e. The van der Waals surface area contributed by atoms with Crippen LogP contribution in [0.1, 0.15) is 12.5 Å². The molecule has 0 aliphatic carbocycles. The molecule has 0 bridgehead atoms. The minimum absolute atomic E-state index is 0.339. The number of hydrogen-bond acceptors (Lipinski definition) is 3. The standard InChI is InChI=1S/C16H17N3/c1-2-19(14-6-4-3-5-7-14)15-8-9-16(18)13(12-15)10-11-17/h3-9,12H,2,10,18H2,1H3. The first kappa shape index (κ1) is 13.0. The van der Waals surface area contributed by atoms with Crippen molar-refractivity contribution in [1.82, 2.24) is 0 Å². The highest BCUT2D eigenvalue weighted by Crippen LogP contribution is 2.27. The number of hydrogen-bond donors (Lipinski definition) is 1. The van der Waals surface area contributed by atoms with E-state index in [1.807, 2.05) is 36.4 Å². The van der Waals surface area contributed by atoms with Gasteiger partial charge in [-0.3, -0.25) is 0 Å². The average Bonchev–Trinajstić information content (AvgIpc) is 2.44. The quantitative estimate of drug-likeness (QED) is 0.846. The van der Waals surface area contributed by atoms with E-state index in [1.165, 1.54) is 0 Å². The average molecular weight is 251 g/mol. The van der Waals surface area contributed by atoms with Crippen LogP contribution in [0.15, 0.2) is 48.5 Å². The fourth-order valence-electron chi connectivity index (χ4n) is 2.12. The first-order valence-electron chi connectivity index (χ1n) is 6.34. The number of benzene rings is 2. The van der Waals surface area contributed by atoms with Gasteiger partial charge in [-0.2, -0.15) is 5.26 Å². The molecule has 2 aromatic carbocycles. The van der Waals surface area contributed by atoms with Crippen LogP contribution in [0.5, 0.6) is 0 Å². The van der Waals surface area contributed by atoms with Crippen LogP contribution < -0.4 is 10.6 Å². The zero-order valence-corrected chi connectivity index (χ0v) is 11.0. The lowest BCUT2D eigenvalue weighted by Gasteiger charge is -2.24. The summed E-state index contributed by atoms with van der Waals surface area (Å²) in [6, 6.07) is 18.2. The fourth-order valence-corrected chi connectivity index (χ4v) is 2.12. The van der Waals surface area contributed by atoms with Crippen LogP contribution in [0.25, 0.3) is 0 Å². The van der Waals surface area contributed by atoms with E-state index < -0.39 is 0 Å². The SMILES string of the molecule is CCN(c1ccccc1)c1ccc(N)c(CC#N)c1. The zero-order chi connectivity index (χ0) is 13.7. The van der Waals surface area contributed by atoms with Gasteiger partial charge in [0.25, 0.3) is 0 Å². The molecule has 2 N–H and O–H groups in total.